The van der Waals surface area contributed by atoms with Crippen molar-refractivity contribution in [2.24, 2.45) is 0 Å². The van der Waals surface area contributed by atoms with E-state index < -0.39 is 0 Å². The fourth-order valence-corrected chi connectivity index (χ4v) is 4.86. The summed E-state index contributed by atoms with van der Waals surface area (Å²) in [5.41, 5.74) is 2.98. The molecule has 0 saturated carbocycles. The van der Waals surface area contributed by atoms with E-state index in [9.17, 15) is 4.79 Å². The Morgan fingerprint density at radius 3 is 2.72 bits per heavy atom. The molecule has 1 aliphatic rings. The Morgan fingerprint density at radius 2 is 1.90 bits per heavy atom. The first-order valence-corrected chi connectivity index (χ1v) is 11.2. The maximum absolute atomic E-state index is 12.9. The highest BCUT2D eigenvalue weighted by atomic mass is 79.9. The van der Waals surface area contributed by atoms with Crippen LogP contribution in [0.4, 0.5) is 10.5 Å². The molecule has 3 aromatic carbocycles. The maximum Gasteiger partial charge on any atom is 0.323 e. The molecule has 4 rings (SSSR count). The van der Waals surface area contributed by atoms with Crippen molar-refractivity contribution < 1.29 is 9.53 Å². The van der Waals surface area contributed by atoms with E-state index in [1.807, 2.05) is 77.7 Å². The van der Waals surface area contributed by atoms with Gasteiger partial charge in [0.05, 0.1) is 0 Å². The van der Waals surface area contributed by atoms with Crippen LogP contribution in [0.25, 0.3) is 0 Å². The molecule has 1 saturated heterocycles. The number of thioether (sulfide) groups is 1. The Morgan fingerprint density at radius 1 is 1.07 bits per heavy atom. The topological polar surface area (TPSA) is 41.6 Å². The van der Waals surface area contributed by atoms with Crippen molar-refractivity contribution in [1.82, 2.24) is 4.90 Å². The number of urea groups is 1. The van der Waals surface area contributed by atoms with Crippen molar-refractivity contribution in [2.75, 3.05) is 17.6 Å². The van der Waals surface area contributed by atoms with Crippen molar-refractivity contribution in [3.8, 4) is 5.75 Å². The van der Waals surface area contributed by atoms with E-state index in [1.165, 1.54) is 0 Å². The zero-order valence-corrected chi connectivity index (χ0v) is 18.2. The molecule has 1 fully saturated rings. The van der Waals surface area contributed by atoms with Crippen LogP contribution in [0.15, 0.2) is 83.3 Å². The quantitative estimate of drug-likeness (QED) is 0.476. The van der Waals surface area contributed by atoms with E-state index in [1.54, 1.807) is 11.8 Å². The minimum atomic E-state index is -0.0892. The number of hydrogen-bond acceptors (Lipinski definition) is 3. The zero-order chi connectivity index (χ0) is 20.1. The van der Waals surface area contributed by atoms with Gasteiger partial charge in [0.25, 0.3) is 0 Å². The van der Waals surface area contributed by atoms with Gasteiger partial charge in [0.1, 0.15) is 17.7 Å². The second-order valence-corrected chi connectivity index (χ2v) is 8.81. The standard InChI is InChI=1S/C23H21BrN2O2S/c24-19-9-5-10-20(15-19)25-23(27)26-12-13-29-22(26)18-8-4-11-21(14-18)28-16-17-6-2-1-3-7-17/h1-11,14-15,22H,12-13,16H2,(H,25,27). The Labute approximate surface area is 183 Å². The second kappa shape index (κ2) is 9.37. The second-order valence-electron chi connectivity index (χ2n) is 6.70. The van der Waals surface area contributed by atoms with Crippen molar-refractivity contribution in [1.29, 1.82) is 0 Å². The lowest BCUT2D eigenvalue weighted by molar-refractivity contribution is 0.214. The first-order chi connectivity index (χ1) is 14.2. The fourth-order valence-electron chi connectivity index (χ4n) is 3.21. The normalized spacial score (nSPS) is 15.9. The molecular formula is C23H21BrN2O2S. The van der Waals surface area contributed by atoms with Crippen LogP contribution < -0.4 is 10.1 Å². The van der Waals surface area contributed by atoms with Gasteiger partial charge in [-0.1, -0.05) is 64.5 Å². The van der Waals surface area contributed by atoms with E-state index in [4.69, 9.17) is 4.74 Å². The van der Waals surface area contributed by atoms with Crippen LogP contribution in [0.5, 0.6) is 5.75 Å². The predicted octanol–water partition coefficient (Wildman–Crippen LogP) is 6.31. The van der Waals surface area contributed by atoms with Crippen LogP contribution in [-0.2, 0) is 6.61 Å². The fraction of sp³-hybridized carbons (Fsp3) is 0.174. The lowest BCUT2D eigenvalue weighted by Crippen LogP contribution is -2.34. The van der Waals surface area contributed by atoms with Gasteiger partial charge >= 0.3 is 6.03 Å². The van der Waals surface area contributed by atoms with Crippen LogP contribution in [0.3, 0.4) is 0 Å². The van der Waals surface area contributed by atoms with Gasteiger partial charge in [-0.15, -0.1) is 11.8 Å². The third-order valence-corrected chi connectivity index (χ3v) is 6.37. The first kappa shape index (κ1) is 19.9. The van der Waals surface area contributed by atoms with E-state index in [0.717, 1.165) is 32.8 Å². The SMILES string of the molecule is O=C(Nc1cccc(Br)c1)N1CCSC1c1cccc(OCc2ccccc2)c1. The van der Waals surface area contributed by atoms with Gasteiger partial charge in [-0.2, -0.15) is 0 Å². The van der Waals surface area contributed by atoms with E-state index in [2.05, 4.69) is 27.3 Å². The third kappa shape index (κ3) is 5.14. The molecule has 3 aromatic rings. The lowest BCUT2D eigenvalue weighted by Gasteiger charge is -2.25. The molecule has 29 heavy (non-hydrogen) atoms. The molecule has 0 spiro atoms. The van der Waals surface area contributed by atoms with Gasteiger partial charge in [0.15, 0.2) is 0 Å². The highest BCUT2D eigenvalue weighted by Crippen LogP contribution is 2.39. The van der Waals surface area contributed by atoms with Gasteiger partial charge < -0.3 is 15.0 Å². The van der Waals surface area contributed by atoms with Crippen molar-refractivity contribution in [2.45, 2.75) is 12.0 Å². The van der Waals surface area contributed by atoms with Gasteiger partial charge in [-0.25, -0.2) is 4.79 Å². The van der Waals surface area contributed by atoms with Crippen molar-refractivity contribution in [3.63, 3.8) is 0 Å². The third-order valence-electron chi connectivity index (χ3n) is 4.62. The number of anilines is 1. The van der Waals surface area contributed by atoms with Crippen molar-refractivity contribution >= 4 is 39.4 Å². The summed E-state index contributed by atoms with van der Waals surface area (Å²) < 4.78 is 6.90. The number of nitrogens with zero attached hydrogens (tertiary/aromatic N) is 1. The molecule has 148 valence electrons. The van der Waals surface area contributed by atoms with Gasteiger partial charge in [0, 0.05) is 22.5 Å². The van der Waals surface area contributed by atoms with Gasteiger partial charge in [-0.05, 0) is 41.5 Å². The molecule has 1 unspecified atom stereocenters. The van der Waals surface area contributed by atoms with Crippen molar-refractivity contribution in [3.05, 3.63) is 94.5 Å². The number of nitrogens with one attached hydrogen (secondary N) is 1. The summed E-state index contributed by atoms with van der Waals surface area (Å²) in [6.07, 6.45) is 0. The van der Waals surface area contributed by atoms with Crippen LogP contribution >= 0.6 is 27.7 Å². The number of carbonyl (C=O) groups is 1. The summed E-state index contributed by atoms with van der Waals surface area (Å²) in [5.74, 6) is 1.72. The average molecular weight is 469 g/mol. The summed E-state index contributed by atoms with van der Waals surface area (Å²) in [7, 11) is 0. The number of ether oxygens (including phenoxy) is 1. The molecular weight excluding hydrogens is 448 g/mol. The highest BCUT2D eigenvalue weighted by molar-refractivity contribution is 9.10. The number of hydrogen-bond donors (Lipinski definition) is 1. The Kier molecular flexibility index (Phi) is 6.42. The summed E-state index contributed by atoms with van der Waals surface area (Å²) >= 11 is 5.21. The highest BCUT2D eigenvalue weighted by Gasteiger charge is 2.31. The summed E-state index contributed by atoms with van der Waals surface area (Å²) in [6.45, 7) is 1.24. The maximum atomic E-state index is 12.9. The number of carbonyl (C=O) groups excluding carboxylic acids is 1. The summed E-state index contributed by atoms with van der Waals surface area (Å²) in [6, 6.07) is 25.7. The number of benzene rings is 3. The Hall–Kier alpha value is -2.44. The van der Waals surface area contributed by atoms with Gasteiger partial charge in [-0.3, -0.25) is 0 Å². The smallest absolute Gasteiger partial charge is 0.323 e. The minimum Gasteiger partial charge on any atom is -0.489 e. The number of amides is 2. The van der Waals surface area contributed by atoms with Gasteiger partial charge in [0.2, 0.25) is 0 Å². The largest absolute Gasteiger partial charge is 0.489 e. The average Bonchev–Trinajstić information content (AvgIpc) is 3.23. The predicted molar refractivity (Wildman–Crippen MR) is 122 cm³/mol. The Balaban J connectivity index is 1.44. The zero-order valence-electron chi connectivity index (χ0n) is 15.8. The van der Waals surface area contributed by atoms with E-state index in [0.29, 0.717) is 13.2 Å². The van der Waals surface area contributed by atoms with Crippen LogP contribution in [0.2, 0.25) is 0 Å². The molecule has 4 nitrogen and oxygen atoms in total. The molecule has 0 aliphatic carbocycles. The monoisotopic (exact) mass is 468 g/mol. The Bertz CT molecular complexity index is 983. The molecule has 0 aromatic heterocycles. The molecule has 1 aliphatic heterocycles. The minimum absolute atomic E-state index is 0.0255. The lowest BCUT2D eigenvalue weighted by atomic mass is 10.2. The van der Waals surface area contributed by atoms with E-state index >= 15 is 0 Å². The molecule has 6 heteroatoms. The van der Waals surface area contributed by atoms with E-state index in [-0.39, 0.29) is 11.4 Å². The molecule has 0 bridgehead atoms. The van der Waals surface area contributed by atoms with Crippen LogP contribution in [0.1, 0.15) is 16.5 Å². The molecule has 1 heterocycles. The molecule has 0 radical (unpaired) electrons. The molecule has 1 N–H and O–H groups in total. The summed E-state index contributed by atoms with van der Waals surface area (Å²) in [4.78, 5) is 14.7. The summed E-state index contributed by atoms with van der Waals surface area (Å²) in [5, 5.41) is 2.97. The molecule has 2 amide bonds. The number of rotatable bonds is 5. The number of halogens is 1. The van der Waals surface area contributed by atoms with Crippen LogP contribution in [-0.4, -0.2) is 23.2 Å². The molecule has 1 atom stereocenters. The first-order valence-electron chi connectivity index (χ1n) is 9.40. The van der Waals surface area contributed by atoms with Crippen LogP contribution in [0, 0.1) is 0 Å².